The fourth-order valence-corrected chi connectivity index (χ4v) is 3.45. The van der Waals surface area contributed by atoms with Gasteiger partial charge in [-0.3, -0.25) is 9.52 Å². The van der Waals surface area contributed by atoms with Crippen LogP contribution in [-0.4, -0.2) is 46.4 Å². The highest BCUT2D eigenvalue weighted by atomic mass is 35.5. The molecule has 0 spiro atoms. The lowest BCUT2D eigenvalue weighted by Crippen LogP contribution is -2.32. The van der Waals surface area contributed by atoms with Crippen molar-refractivity contribution in [2.24, 2.45) is 0 Å². The highest BCUT2D eigenvalue weighted by molar-refractivity contribution is 7.92. The van der Waals surface area contributed by atoms with Gasteiger partial charge in [-0.2, -0.15) is 0 Å². The van der Waals surface area contributed by atoms with Gasteiger partial charge in [-0.1, -0.05) is 6.07 Å². The first-order valence-electron chi connectivity index (χ1n) is 8.35. The maximum Gasteiger partial charge on any atom is 0.261 e. The number of sulfonamides is 1. The first-order valence-corrected chi connectivity index (χ1v) is 9.83. The lowest BCUT2D eigenvalue weighted by molar-refractivity contribution is 0.0796. The van der Waals surface area contributed by atoms with Crippen LogP contribution in [-0.2, 0) is 10.0 Å². The van der Waals surface area contributed by atoms with E-state index in [1.165, 1.54) is 24.3 Å². The van der Waals surface area contributed by atoms with Gasteiger partial charge in [-0.15, -0.1) is 12.4 Å². The van der Waals surface area contributed by atoms with Crippen molar-refractivity contribution in [1.29, 1.82) is 0 Å². The second-order valence-electron chi connectivity index (χ2n) is 6.26. The van der Waals surface area contributed by atoms with Gasteiger partial charge < -0.3 is 10.2 Å². The smallest absolute Gasteiger partial charge is 0.261 e. The first-order chi connectivity index (χ1) is 12.2. The summed E-state index contributed by atoms with van der Waals surface area (Å²) in [5.41, 5.74) is 3.07. The van der Waals surface area contributed by atoms with Crippen molar-refractivity contribution < 1.29 is 13.2 Å². The van der Waals surface area contributed by atoms with E-state index < -0.39 is 10.0 Å². The zero-order valence-electron chi connectivity index (χ0n) is 15.9. The summed E-state index contributed by atoms with van der Waals surface area (Å²) in [6, 6.07) is 11.4. The average Bonchev–Trinajstić information content (AvgIpc) is 2.62. The number of hydrogen-bond acceptors (Lipinski definition) is 4. The van der Waals surface area contributed by atoms with Crippen molar-refractivity contribution in [1.82, 2.24) is 10.2 Å². The van der Waals surface area contributed by atoms with Crippen LogP contribution in [0.25, 0.3) is 0 Å². The summed E-state index contributed by atoms with van der Waals surface area (Å²) in [4.78, 5) is 14.0. The third-order valence-corrected chi connectivity index (χ3v) is 5.61. The Labute approximate surface area is 167 Å². The van der Waals surface area contributed by atoms with Gasteiger partial charge in [-0.25, -0.2) is 8.42 Å². The van der Waals surface area contributed by atoms with Crippen LogP contribution in [0.4, 0.5) is 5.69 Å². The summed E-state index contributed by atoms with van der Waals surface area (Å²) in [6.45, 7) is 5.16. The number of amides is 1. The molecule has 8 heteroatoms. The summed E-state index contributed by atoms with van der Waals surface area (Å²) in [5.74, 6) is -0.147. The molecule has 0 saturated heterocycles. The molecule has 0 aliphatic rings. The molecule has 0 aromatic heterocycles. The number of carbonyl (C=O) groups excluding carboxylic acids is 1. The second-order valence-corrected chi connectivity index (χ2v) is 7.94. The Kier molecular flexibility index (Phi) is 8.27. The van der Waals surface area contributed by atoms with E-state index >= 15 is 0 Å². The van der Waals surface area contributed by atoms with Crippen LogP contribution in [0.1, 0.15) is 21.5 Å². The third kappa shape index (κ3) is 5.95. The molecule has 0 radical (unpaired) electrons. The van der Waals surface area contributed by atoms with Crippen LogP contribution in [0.2, 0.25) is 0 Å². The maximum atomic E-state index is 12.5. The molecule has 0 aliphatic carbocycles. The topological polar surface area (TPSA) is 78.5 Å². The molecule has 0 unspecified atom stereocenters. The molecular formula is C19H26ClN3O3S. The van der Waals surface area contributed by atoms with Crippen molar-refractivity contribution in [2.75, 3.05) is 31.9 Å². The standard InChI is InChI=1S/C19H25N3O3S.ClH/c1-14-5-8-17(13-15(14)2)21-26(24,25)18-9-6-16(7-10-18)19(23)22(4)12-11-20-3;/h5-10,13,20-21H,11-12H2,1-4H3;1H. The van der Waals surface area contributed by atoms with E-state index in [9.17, 15) is 13.2 Å². The minimum absolute atomic E-state index is 0. The molecule has 0 bridgehead atoms. The van der Waals surface area contributed by atoms with Gasteiger partial charge in [0.05, 0.1) is 4.90 Å². The quantitative estimate of drug-likeness (QED) is 0.734. The van der Waals surface area contributed by atoms with Crippen LogP contribution in [0, 0.1) is 13.8 Å². The number of hydrogen-bond donors (Lipinski definition) is 2. The SMILES string of the molecule is CNCCN(C)C(=O)c1ccc(S(=O)(=O)Nc2ccc(C)c(C)c2)cc1.Cl. The molecule has 2 N–H and O–H groups in total. The van der Waals surface area contributed by atoms with E-state index in [0.29, 0.717) is 24.3 Å². The van der Waals surface area contributed by atoms with E-state index in [-0.39, 0.29) is 23.2 Å². The Morgan fingerprint density at radius 1 is 1.04 bits per heavy atom. The Hall–Kier alpha value is -2.09. The highest BCUT2D eigenvalue weighted by Crippen LogP contribution is 2.19. The minimum Gasteiger partial charge on any atom is -0.340 e. The van der Waals surface area contributed by atoms with Gasteiger partial charge in [0.15, 0.2) is 0 Å². The number of benzene rings is 2. The molecule has 0 heterocycles. The molecule has 148 valence electrons. The summed E-state index contributed by atoms with van der Waals surface area (Å²) < 4.78 is 27.6. The monoisotopic (exact) mass is 411 g/mol. The van der Waals surface area contributed by atoms with Gasteiger partial charge in [0.1, 0.15) is 0 Å². The molecule has 27 heavy (non-hydrogen) atoms. The predicted octanol–water partition coefficient (Wildman–Crippen LogP) is 2.82. The number of nitrogens with zero attached hydrogens (tertiary/aromatic N) is 1. The number of nitrogens with one attached hydrogen (secondary N) is 2. The fraction of sp³-hybridized carbons (Fsp3) is 0.316. The molecule has 0 atom stereocenters. The first kappa shape index (κ1) is 23.0. The predicted molar refractivity (Wildman–Crippen MR) is 111 cm³/mol. The van der Waals surface area contributed by atoms with Gasteiger partial charge in [-0.05, 0) is 68.4 Å². The molecule has 2 aromatic carbocycles. The van der Waals surface area contributed by atoms with E-state index in [2.05, 4.69) is 10.0 Å². The van der Waals surface area contributed by atoms with Crippen molar-refractivity contribution in [3.63, 3.8) is 0 Å². The van der Waals surface area contributed by atoms with Crippen LogP contribution < -0.4 is 10.0 Å². The molecule has 2 aromatic rings. The number of carbonyl (C=O) groups is 1. The van der Waals surface area contributed by atoms with Crippen LogP contribution in [0.3, 0.4) is 0 Å². The lowest BCUT2D eigenvalue weighted by Gasteiger charge is -2.17. The number of aryl methyl sites for hydroxylation is 2. The van der Waals surface area contributed by atoms with Crippen molar-refractivity contribution in [2.45, 2.75) is 18.7 Å². The van der Waals surface area contributed by atoms with E-state index in [1.807, 2.05) is 27.0 Å². The summed E-state index contributed by atoms with van der Waals surface area (Å²) in [6.07, 6.45) is 0. The van der Waals surface area contributed by atoms with Crippen LogP contribution in [0.5, 0.6) is 0 Å². The summed E-state index contributed by atoms with van der Waals surface area (Å²) in [5, 5.41) is 2.98. The van der Waals surface area contributed by atoms with Gasteiger partial charge in [0, 0.05) is 31.4 Å². The van der Waals surface area contributed by atoms with Crippen molar-refractivity contribution >= 4 is 34.0 Å². The normalized spacial score (nSPS) is 10.8. The minimum atomic E-state index is -3.70. The van der Waals surface area contributed by atoms with E-state index in [4.69, 9.17) is 0 Å². The van der Waals surface area contributed by atoms with E-state index in [0.717, 1.165) is 11.1 Å². The molecule has 2 rings (SSSR count). The molecule has 6 nitrogen and oxygen atoms in total. The molecule has 0 fully saturated rings. The summed E-state index contributed by atoms with van der Waals surface area (Å²) >= 11 is 0. The highest BCUT2D eigenvalue weighted by Gasteiger charge is 2.17. The molecular weight excluding hydrogens is 386 g/mol. The number of halogens is 1. The molecule has 0 aliphatic heterocycles. The number of anilines is 1. The zero-order valence-corrected chi connectivity index (χ0v) is 17.6. The largest absolute Gasteiger partial charge is 0.340 e. The molecule has 1 amide bonds. The molecule has 0 saturated carbocycles. The van der Waals surface area contributed by atoms with Gasteiger partial charge in [0.2, 0.25) is 0 Å². The maximum absolute atomic E-state index is 12.5. The van der Waals surface area contributed by atoms with Crippen molar-refractivity contribution in [3.8, 4) is 0 Å². The summed E-state index contributed by atoms with van der Waals surface area (Å²) in [7, 11) is -0.171. The lowest BCUT2D eigenvalue weighted by atomic mass is 10.1. The van der Waals surface area contributed by atoms with Crippen LogP contribution >= 0.6 is 12.4 Å². The van der Waals surface area contributed by atoms with Crippen LogP contribution in [0.15, 0.2) is 47.4 Å². The Morgan fingerprint density at radius 3 is 2.22 bits per heavy atom. The Morgan fingerprint density at radius 2 is 1.67 bits per heavy atom. The number of rotatable bonds is 7. The number of likely N-dealkylation sites (N-methyl/N-ethyl adjacent to an activating group) is 2. The van der Waals surface area contributed by atoms with Gasteiger partial charge in [0.25, 0.3) is 15.9 Å². The Balaban J connectivity index is 0.00000364. The second kappa shape index (κ2) is 9.73. The van der Waals surface area contributed by atoms with Crippen molar-refractivity contribution in [3.05, 3.63) is 59.2 Å². The average molecular weight is 412 g/mol. The van der Waals surface area contributed by atoms with Gasteiger partial charge >= 0.3 is 0 Å². The Bertz CT molecular complexity index is 884. The fourth-order valence-electron chi connectivity index (χ4n) is 2.40. The zero-order chi connectivity index (χ0) is 19.3. The third-order valence-electron chi connectivity index (χ3n) is 4.21. The van der Waals surface area contributed by atoms with E-state index in [1.54, 1.807) is 24.1 Å².